The van der Waals surface area contributed by atoms with Crippen LogP contribution < -0.4 is 5.73 Å². The number of hydrogen-bond acceptors (Lipinski definition) is 1. The third-order valence-corrected chi connectivity index (χ3v) is 9.23. The van der Waals surface area contributed by atoms with Crippen LogP contribution in [0.2, 0.25) is 24.2 Å². The van der Waals surface area contributed by atoms with Crippen LogP contribution in [0.1, 0.15) is 34.1 Å². The van der Waals surface area contributed by atoms with Gasteiger partial charge in [-0.1, -0.05) is 44.9 Å². The van der Waals surface area contributed by atoms with Gasteiger partial charge in [-0.15, -0.1) is 0 Å². The number of nitrogens with two attached hydrogens (primary N) is 1. The Hall–Kier alpha value is 0.177. The third kappa shape index (κ3) is 3.72. The van der Waals surface area contributed by atoms with E-state index in [9.17, 15) is 0 Å². The van der Waals surface area contributed by atoms with E-state index in [-0.39, 0.29) is 0 Å². The van der Waals surface area contributed by atoms with E-state index in [1.807, 2.05) is 0 Å². The molecule has 0 aliphatic rings. The first-order valence-corrected chi connectivity index (χ1v) is 8.18. The summed E-state index contributed by atoms with van der Waals surface area (Å²) >= 11 is 0. The zero-order valence-corrected chi connectivity index (χ0v) is 10.2. The molecule has 2 heteroatoms. The summed E-state index contributed by atoms with van der Waals surface area (Å²) in [4.78, 5) is 0. The standard InChI is InChI=1S/C10H25NSi/c1-5-12(6-2,7-3)9-8-10(4)11/h10H,5-9,11H2,1-4H3/t10-/m1/s1. The monoisotopic (exact) mass is 187 g/mol. The summed E-state index contributed by atoms with van der Waals surface area (Å²) in [7, 11) is -0.860. The molecule has 2 N–H and O–H groups in total. The van der Waals surface area contributed by atoms with Gasteiger partial charge in [-0.05, 0) is 13.3 Å². The van der Waals surface area contributed by atoms with Crippen molar-refractivity contribution in [1.82, 2.24) is 0 Å². The molecule has 1 nitrogen and oxygen atoms in total. The Kier molecular flexibility index (Phi) is 5.84. The molecule has 0 bridgehead atoms. The highest BCUT2D eigenvalue weighted by Gasteiger charge is 2.25. The molecule has 0 heterocycles. The van der Waals surface area contributed by atoms with Crippen molar-refractivity contribution in [3.8, 4) is 0 Å². The Bertz CT molecular complexity index is 100. The maximum atomic E-state index is 5.79. The van der Waals surface area contributed by atoms with E-state index in [1.165, 1.54) is 30.6 Å². The second-order valence-corrected chi connectivity index (χ2v) is 9.70. The average molecular weight is 187 g/mol. The van der Waals surface area contributed by atoms with Crippen LogP contribution in [0.5, 0.6) is 0 Å². The van der Waals surface area contributed by atoms with Crippen molar-refractivity contribution in [2.24, 2.45) is 5.73 Å². The Morgan fingerprint density at radius 3 is 1.75 bits per heavy atom. The zero-order chi connectivity index (χ0) is 9.61. The molecular weight excluding hydrogens is 162 g/mol. The summed E-state index contributed by atoms with van der Waals surface area (Å²) in [6.07, 6.45) is 1.24. The van der Waals surface area contributed by atoms with E-state index in [0.29, 0.717) is 6.04 Å². The molecule has 0 rings (SSSR count). The topological polar surface area (TPSA) is 26.0 Å². The second kappa shape index (κ2) is 5.76. The van der Waals surface area contributed by atoms with Crippen LogP contribution in [0, 0.1) is 0 Å². The van der Waals surface area contributed by atoms with Gasteiger partial charge in [0.2, 0.25) is 0 Å². The second-order valence-electron chi connectivity index (χ2n) is 4.08. The molecule has 0 aromatic carbocycles. The fourth-order valence-corrected chi connectivity index (χ4v) is 5.44. The molecule has 0 aliphatic heterocycles. The van der Waals surface area contributed by atoms with Crippen LogP contribution >= 0.6 is 0 Å². The van der Waals surface area contributed by atoms with E-state index in [1.54, 1.807) is 0 Å². The van der Waals surface area contributed by atoms with E-state index in [2.05, 4.69) is 27.7 Å². The van der Waals surface area contributed by atoms with E-state index >= 15 is 0 Å². The van der Waals surface area contributed by atoms with Gasteiger partial charge in [-0.3, -0.25) is 0 Å². The summed E-state index contributed by atoms with van der Waals surface area (Å²) in [5, 5.41) is 0. The summed E-state index contributed by atoms with van der Waals surface area (Å²) in [6, 6.07) is 6.15. The average Bonchev–Trinajstić information content (AvgIpc) is 2.08. The lowest BCUT2D eigenvalue weighted by atomic mass is 10.3. The first kappa shape index (κ1) is 12.2. The van der Waals surface area contributed by atoms with Gasteiger partial charge in [-0.25, -0.2) is 0 Å². The van der Waals surface area contributed by atoms with Crippen molar-refractivity contribution in [3.63, 3.8) is 0 Å². The van der Waals surface area contributed by atoms with Crippen LogP contribution in [-0.2, 0) is 0 Å². The molecule has 0 amide bonds. The highest BCUT2D eigenvalue weighted by molar-refractivity contribution is 6.79. The minimum atomic E-state index is -0.860. The molecule has 0 saturated heterocycles. The Morgan fingerprint density at radius 2 is 1.50 bits per heavy atom. The van der Waals surface area contributed by atoms with Gasteiger partial charge in [0, 0.05) is 6.04 Å². The Morgan fingerprint density at radius 1 is 1.08 bits per heavy atom. The lowest BCUT2D eigenvalue weighted by Gasteiger charge is -2.28. The summed E-state index contributed by atoms with van der Waals surface area (Å²) < 4.78 is 0. The fourth-order valence-electron chi connectivity index (χ4n) is 1.81. The van der Waals surface area contributed by atoms with Crippen molar-refractivity contribution in [2.45, 2.75) is 64.3 Å². The van der Waals surface area contributed by atoms with Crippen LogP contribution in [0.3, 0.4) is 0 Å². The molecule has 0 spiro atoms. The normalized spacial score (nSPS) is 14.8. The molecule has 0 aliphatic carbocycles. The van der Waals surface area contributed by atoms with Crippen LogP contribution in [-0.4, -0.2) is 14.1 Å². The summed E-state index contributed by atoms with van der Waals surface area (Å²) in [5.41, 5.74) is 5.79. The van der Waals surface area contributed by atoms with Gasteiger partial charge in [0.25, 0.3) is 0 Å². The largest absolute Gasteiger partial charge is 0.328 e. The molecular formula is C10H25NSi. The Labute approximate surface area is 78.7 Å². The smallest absolute Gasteiger partial charge is 0.0528 e. The van der Waals surface area contributed by atoms with Gasteiger partial charge in [-0.2, -0.15) is 0 Å². The molecule has 0 saturated carbocycles. The lowest BCUT2D eigenvalue weighted by molar-refractivity contribution is 0.702. The van der Waals surface area contributed by atoms with Gasteiger partial charge >= 0.3 is 0 Å². The molecule has 0 aromatic rings. The molecule has 0 unspecified atom stereocenters. The van der Waals surface area contributed by atoms with Crippen molar-refractivity contribution < 1.29 is 0 Å². The van der Waals surface area contributed by atoms with Crippen molar-refractivity contribution in [1.29, 1.82) is 0 Å². The summed E-state index contributed by atoms with van der Waals surface area (Å²) in [6.45, 7) is 9.21. The maximum Gasteiger partial charge on any atom is 0.0528 e. The maximum absolute atomic E-state index is 5.79. The quantitative estimate of drug-likeness (QED) is 0.635. The van der Waals surface area contributed by atoms with Crippen LogP contribution in [0.4, 0.5) is 0 Å². The van der Waals surface area contributed by atoms with Crippen LogP contribution in [0.15, 0.2) is 0 Å². The molecule has 0 fully saturated rings. The van der Waals surface area contributed by atoms with Crippen molar-refractivity contribution >= 4 is 8.07 Å². The third-order valence-electron chi connectivity index (χ3n) is 3.38. The van der Waals surface area contributed by atoms with Gasteiger partial charge < -0.3 is 5.73 Å². The van der Waals surface area contributed by atoms with Gasteiger partial charge in [0.05, 0.1) is 8.07 Å². The molecule has 0 radical (unpaired) electrons. The van der Waals surface area contributed by atoms with E-state index in [0.717, 1.165) is 0 Å². The van der Waals surface area contributed by atoms with Gasteiger partial charge in [0.15, 0.2) is 0 Å². The SMILES string of the molecule is CC[Si](CC)(CC)CC[C@@H](C)N. The number of rotatable bonds is 6. The van der Waals surface area contributed by atoms with Gasteiger partial charge in [0.1, 0.15) is 0 Å². The van der Waals surface area contributed by atoms with E-state index in [4.69, 9.17) is 5.73 Å². The highest BCUT2D eigenvalue weighted by atomic mass is 28.3. The molecule has 12 heavy (non-hydrogen) atoms. The van der Waals surface area contributed by atoms with Crippen molar-refractivity contribution in [3.05, 3.63) is 0 Å². The van der Waals surface area contributed by atoms with Crippen molar-refractivity contribution in [2.75, 3.05) is 0 Å². The summed E-state index contributed by atoms with van der Waals surface area (Å²) in [5.74, 6) is 0. The van der Waals surface area contributed by atoms with E-state index < -0.39 is 8.07 Å². The first-order valence-electron chi connectivity index (χ1n) is 5.35. The Balaban J connectivity index is 3.93. The predicted molar refractivity (Wildman–Crippen MR) is 60.3 cm³/mol. The highest BCUT2D eigenvalue weighted by Crippen LogP contribution is 2.26. The first-order chi connectivity index (χ1) is 5.60. The molecule has 74 valence electrons. The predicted octanol–water partition coefficient (Wildman–Crippen LogP) is 3.23. The minimum absolute atomic E-state index is 0.404. The molecule has 1 atom stereocenters. The zero-order valence-electron chi connectivity index (χ0n) is 9.19. The lowest BCUT2D eigenvalue weighted by Crippen LogP contribution is -2.33. The fraction of sp³-hybridized carbons (Fsp3) is 1.00. The van der Waals surface area contributed by atoms with Crippen LogP contribution in [0.25, 0.3) is 0 Å². The molecule has 0 aromatic heterocycles. The minimum Gasteiger partial charge on any atom is -0.328 e. The number of hydrogen-bond donors (Lipinski definition) is 1.